The van der Waals surface area contributed by atoms with Crippen molar-refractivity contribution in [3.63, 3.8) is 0 Å². The van der Waals surface area contributed by atoms with E-state index in [0.29, 0.717) is 12.3 Å². The van der Waals surface area contributed by atoms with E-state index < -0.39 is 10.2 Å². The molecule has 0 amide bonds. The third-order valence-electron chi connectivity index (χ3n) is 2.68. The van der Waals surface area contributed by atoms with Crippen LogP contribution in [0.15, 0.2) is 12.4 Å². The Labute approximate surface area is 100 Å². The summed E-state index contributed by atoms with van der Waals surface area (Å²) < 4.78 is 31.2. The molecule has 0 saturated carbocycles. The number of aryl methyl sites for hydroxylation is 1. The van der Waals surface area contributed by atoms with Crippen molar-refractivity contribution in [3.05, 3.63) is 12.4 Å². The number of rotatable bonds is 4. The molecule has 1 atom stereocenters. The van der Waals surface area contributed by atoms with Crippen LogP contribution in [0.1, 0.15) is 12.8 Å². The maximum atomic E-state index is 11.5. The second kappa shape index (κ2) is 4.63. The molecule has 0 radical (unpaired) electrons. The summed E-state index contributed by atoms with van der Waals surface area (Å²) in [5, 5.41) is 9.14. The third-order valence-corrected chi connectivity index (χ3v) is 3.65. The fraction of sp³-hybridized carbons (Fsp3) is 0.667. The van der Waals surface area contributed by atoms with Crippen LogP contribution < -0.4 is 9.44 Å². The number of hydrogen-bond donors (Lipinski definition) is 1. The largest absolute Gasteiger partial charge is 0.376 e. The summed E-state index contributed by atoms with van der Waals surface area (Å²) in [7, 11) is -2.07. The zero-order valence-corrected chi connectivity index (χ0v) is 10.4. The monoisotopic (exact) mass is 260 g/mol. The predicted octanol–water partition coefficient (Wildman–Crippen LogP) is -0.391. The van der Waals surface area contributed by atoms with Gasteiger partial charge in [-0.05, 0) is 12.8 Å². The topological polar surface area (TPSA) is 90.5 Å². The molecule has 0 aromatic carbocycles. The molecule has 1 saturated heterocycles. The van der Waals surface area contributed by atoms with Crippen LogP contribution in [0.3, 0.4) is 0 Å². The normalized spacial score (nSPS) is 20.7. The Morgan fingerprint density at radius 3 is 2.94 bits per heavy atom. The van der Waals surface area contributed by atoms with E-state index in [1.807, 2.05) is 0 Å². The fourth-order valence-corrected chi connectivity index (χ4v) is 2.63. The third kappa shape index (κ3) is 2.96. The molecule has 1 aromatic rings. The summed E-state index contributed by atoms with van der Waals surface area (Å²) in [5.74, 6) is 0. The molecule has 1 aliphatic heterocycles. The van der Waals surface area contributed by atoms with Crippen molar-refractivity contribution in [1.82, 2.24) is 9.78 Å². The van der Waals surface area contributed by atoms with Crippen LogP contribution in [0, 0.1) is 0 Å². The van der Waals surface area contributed by atoms with E-state index in [4.69, 9.17) is 9.88 Å². The molecule has 2 rings (SSSR count). The Hall–Kier alpha value is -1.12. The zero-order chi connectivity index (χ0) is 12.5. The van der Waals surface area contributed by atoms with Gasteiger partial charge in [-0.3, -0.25) is 8.99 Å². The van der Waals surface area contributed by atoms with Gasteiger partial charge in [-0.15, -0.1) is 0 Å². The summed E-state index contributed by atoms with van der Waals surface area (Å²) in [6.45, 7) is 0.917. The Kier molecular flexibility index (Phi) is 3.36. The lowest BCUT2D eigenvalue weighted by molar-refractivity contribution is 0.118. The van der Waals surface area contributed by atoms with Gasteiger partial charge in [-0.1, -0.05) is 0 Å². The number of hydrogen-bond acceptors (Lipinski definition) is 4. The highest BCUT2D eigenvalue weighted by atomic mass is 32.2. The molecule has 1 aliphatic rings. The second-order valence-electron chi connectivity index (χ2n) is 4.08. The first-order chi connectivity index (χ1) is 7.97. The van der Waals surface area contributed by atoms with E-state index in [-0.39, 0.29) is 12.6 Å². The van der Waals surface area contributed by atoms with Crippen molar-refractivity contribution in [3.8, 4) is 0 Å². The number of nitrogens with two attached hydrogens (primary N) is 1. The molecular weight excluding hydrogens is 244 g/mol. The van der Waals surface area contributed by atoms with E-state index >= 15 is 0 Å². The van der Waals surface area contributed by atoms with Crippen LogP contribution >= 0.6 is 0 Å². The van der Waals surface area contributed by atoms with Crippen molar-refractivity contribution >= 4 is 15.9 Å². The van der Waals surface area contributed by atoms with E-state index in [2.05, 4.69) is 5.10 Å². The molecule has 2 heterocycles. The van der Waals surface area contributed by atoms with Gasteiger partial charge in [-0.2, -0.15) is 13.5 Å². The molecule has 0 unspecified atom stereocenters. The lowest BCUT2D eigenvalue weighted by Crippen LogP contribution is -2.41. The van der Waals surface area contributed by atoms with Gasteiger partial charge >= 0.3 is 0 Å². The molecule has 0 aliphatic carbocycles. The molecule has 7 nitrogen and oxygen atoms in total. The van der Waals surface area contributed by atoms with E-state index in [1.54, 1.807) is 13.2 Å². The summed E-state index contributed by atoms with van der Waals surface area (Å²) in [5.41, 5.74) is 0.463. The molecule has 0 bridgehead atoms. The average molecular weight is 260 g/mol. The molecule has 96 valence electrons. The standard InChI is InChI=1S/C9H16N4O3S/c1-12-6-8(5-11-12)13(17(10,14)15)7-9-3-2-4-16-9/h5-6,9H,2-4,7H2,1H3,(H2,10,14,15)/t9-/m0/s1. The fourth-order valence-electron chi connectivity index (χ4n) is 1.87. The van der Waals surface area contributed by atoms with Crippen LogP contribution in [-0.4, -0.2) is 37.5 Å². The zero-order valence-electron chi connectivity index (χ0n) is 9.61. The van der Waals surface area contributed by atoms with Crippen LogP contribution in [-0.2, 0) is 22.0 Å². The first kappa shape index (κ1) is 12.3. The maximum absolute atomic E-state index is 11.5. The lowest BCUT2D eigenvalue weighted by atomic mass is 10.2. The van der Waals surface area contributed by atoms with Crippen LogP contribution in [0.5, 0.6) is 0 Å². The van der Waals surface area contributed by atoms with Gasteiger partial charge in [0.25, 0.3) is 10.2 Å². The Balaban J connectivity index is 2.19. The van der Waals surface area contributed by atoms with E-state index in [9.17, 15) is 8.42 Å². The predicted molar refractivity (Wildman–Crippen MR) is 62.6 cm³/mol. The molecule has 1 aromatic heterocycles. The second-order valence-corrected chi connectivity index (χ2v) is 5.55. The number of ether oxygens (including phenoxy) is 1. The Morgan fingerprint density at radius 1 is 1.71 bits per heavy atom. The van der Waals surface area contributed by atoms with Gasteiger partial charge in [0, 0.05) is 19.9 Å². The summed E-state index contributed by atoms with van der Waals surface area (Å²) in [6, 6.07) is 0. The minimum Gasteiger partial charge on any atom is -0.376 e. The summed E-state index contributed by atoms with van der Waals surface area (Å²) >= 11 is 0. The van der Waals surface area contributed by atoms with Gasteiger partial charge in [0.05, 0.1) is 24.5 Å². The van der Waals surface area contributed by atoms with Crippen LogP contribution in [0.2, 0.25) is 0 Å². The molecule has 0 spiro atoms. The van der Waals surface area contributed by atoms with Crippen molar-refractivity contribution < 1.29 is 13.2 Å². The van der Waals surface area contributed by atoms with Gasteiger partial charge in [-0.25, -0.2) is 5.14 Å². The quantitative estimate of drug-likeness (QED) is 0.798. The van der Waals surface area contributed by atoms with Crippen LogP contribution in [0.4, 0.5) is 5.69 Å². The summed E-state index contributed by atoms with van der Waals surface area (Å²) in [6.07, 6.45) is 4.80. The smallest absolute Gasteiger partial charge is 0.299 e. The first-order valence-corrected chi connectivity index (χ1v) is 6.88. The highest BCUT2D eigenvalue weighted by molar-refractivity contribution is 7.90. The molecule has 1 fully saturated rings. The highest BCUT2D eigenvalue weighted by Crippen LogP contribution is 2.20. The van der Waals surface area contributed by atoms with Crippen LogP contribution in [0.25, 0.3) is 0 Å². The first-order valence-electron chi connectivity index (χ1n) is 5.37. The van der Waals surface area contributed by atoms with Gasteiger partial charge in [0.2, 0.25) is 0 Å². The lowest BCUT2D eigenvalue weighted by Gasteiger charge is -2.22. The minimum absolute atomic E-state index is 0.0893. The van der Waals surface area contributed by atoms with Crippen molar-refractivity contribution in [2.75, 3.05) is 17.5 Å². The molecule has 2 N–H and O–H groups in total. The average Bonchev–Trinajstić information content (AvgIpc) is 2.83. The van der Waals surface area contributed by atoms with Crippen molar-refractivity contribution in [2.24, 2.45) is 12.2 Å². The number of aromatic nitrogens is 2. The summed E-state index contributed by atoms with van der Waals surface area (Å²) in [4.78, 5) is 0. The van der Waals surface area contributed by atoms with Crippen molar-refractivity contribution in [2.45, 2.75) is 18.9 Å². The Bertz CT molecular complexity index is 478. The number of nitrogens with zero attached hydrogens (tertiary/aromatic N) is 3. The van der Waals surface area contributed by atoms with E-state index in [1.165, 1.54) is 10.9 Å². The SMILES string of the molecule is Cn1cc(N(C[C@@H]2CCCO2)S(N)(=O)=O)cn1. The highest BCUT2D eigenvalue weighted by Gasteiger charge is 2.26. The molecule has 17 heavy (non-hydrogen) atoms. The minimum atomic E-state index is -3.79. The van der Waals surface area contributed by atoms with Gasteiger partial charge < -0.3 is 4.74 Å². The van der Waals surface area contributed by atoms with Crippen molar-refractivity contribution in [1.29, 1.82) is 0 Å². The Morgan fingerprint density at radius 2 is 2.47 bits per heavy atom. The van der Waals surface area contributed by atoms with Gasteiger partial charge in [0.15, 0.2) is 0 Å². The molecule has 8 heteroatoms. The maximum Gasteiger partial charge on any atom is 0.299 e. The van der Waals surface area contributed by atoms with E-state index in [0.717, 1.165) is 17.1 Å². The number of anilines is 1. The van der Waals surface area contributed by atoms with Gasteiger partial charge in [0.1, 0.15) is 0 Å². The molecular formula is C9H16N4O3S.